The SMILES string of the molecule is CC(C)OC(=O)c1ccc2ccccc2c1[S@](=O)C(C)(C)C. The first-order valence-corrected chi connectivity index (χ1v) is 8.51. The van der Waals surface area contributed by atoms with Gasteiger partial charge in [0.05, 0.1) is 27.4 Å². The zero-order valence-corrected chi connectivity index (χ0v) is 14.5. The number of benzene rings is 2. The van der Waals surface area contributed by atoms with Gasteiger partial charge in [-0.25, -0.2) is 4.79 Å². The van der Waals surface area contributed by atoms with Gasteiger partial charge in [0.2, 0.25) is 0 Å². The summed E-state index contributed by atoms with van der Waals surface area (Å²) < 4.78 is 17.8. The predicted molar refractivity (Wildman–Crippen MR) is 90.7 cm³/mol. The first-order valence-electron chi connectivity index (χ1n) is 7.36. The molecule has 0 saturated carbocycles. The summed E-state index contributed by atoms with van der Waals surface area (Å²) in [5.41, 5.74) is 0.389. The minimum Gasteiger partial charge on any atom is -0.459 e. The number of ether oxygens (including phenoxy) is 1. The maximum absolute atomic E-state index is 13.0. The van der Waals surface area contributed by atoms with Crippen molar-refractivity contribution in [2.24, 2.45) is 0 Å². The molecule has 2 rings (SSSR count). The van der Waals surface area contributed by atoms with Crippen molar-refractivity contribution in [3.8, 4) is 0 Å². The Bertz CT molecular complexity index is 727. The summed E-state index contributed by atoms with van der Waals surface area (Å²) in [7, 11) is -1.32. The van der Waals surface area contributed by atoms with E-state index in [1.54, 1.807) is 19.9 Å². The lowest BCUT2D eigenvalue weighted by Crippen LogP contribution is -2.24. The molecule has 0 fully saturated rings. The topological polar surface area (TPSA) is 43.4 Å². The molecule has 0 bridgehead atoms. The molecule has 0 aliphatic rings. The Hall–Kier alpha value is -1.68. The van der Waals surface area contributed by atoms with Gasteiger partial charge in [0.1, 0.15) is 0 Å². The first kappa shape index (κ1) is 16.7. The Morgan fingerprint density at radius 1 is 1.09 bits per heavy atom. The van der Waals surface area contributed by atoms with Crippen molar-refractivity contribution in [3.63, 3.8) is 0 Å². The third-order valence-electron chi connectivity index (χ3n) is 3.18. The molecular weight excluding hydrogens is 296 g/mol. The van der Waals surface area contributed by atoms with Crippen LogP contribution >= 0.6 is 0 Å². The summed E-state index contributed by atoms with van der Waals surface area (Å²) in [4.78, 5) is 13.0. The molecule has 0 heterocycles. The van der Waals surface area contributed by atoms with E-state index < -0.39 is 21.5 Å². The van der Waals surface area contributed by atoms with Gasteiger partial charge in [0.25, 0.3) is 0 Å². The number of hydrogen-bond acceptors (Lipinski definition) is 3. The van der Waals surface area contributed by atoms with Crippen LogP contribution in [0.3, 0.4) is 0 Å². The Morgan fingerprint density at radius 2 is 1.73 bits per heavy atom. The van der Waals surface area contributed by atoms with Gasteiger partial charge in [0, 0.05) is 4.75 Å². The summed E-state index contributed by atoms with van der Waals surface area (Å²) in [6.07, 6.45) is -0.213. The van der Waals surface area contributed by atoms with Crippen molar-refractivity contribution in [3.05, 3.63) is 42.0 Å². The van der Waals surface area contributed by atoms with Gasteiger partial charge >= 0.3 is 5.97 Å². The third kappa shape index (κ3) is 3.38. The minimum absolute atomic E-state index is 0.213. The number of fused-ring (bicyclic) bond motifs is 1. The highest BCUT2D eigenvalue weighted by Gasteiger charge is 2.28. The van der Waals surface area contributed by atoms with E-state index in [-0.39, 0.29) is 6.10 Å². The molecule has 0 aliphatic carbocycles. The standard InChI is InChI=1S/C18H22O3S/c1-12(2)21-17(19)15-11-10-13-8-6-7-9-14(13)16(15)22(20)18(3,4)5/h6-12H,1-5H3/t22-/m0/s1. The van der Waals surface area contributed by atoms with Crippen molar-refractivity contribution >= 4 is 27.5 Å². The fourth-order valence-electron chi connectivity index (χ4n) is 2.19. The van der Waals surface area contributed by atoms with Crippen LogP contribution in [0.15, 0.2) is 41.3 Å². The first-order chi connectivity index (χ1) is 10.2. The van der Waals surface area contributed by atoms with E-state index in [1.807, 2.05) is 51.1 Å². The average Bonchev–Trinajstić information content (AvgIpc) is 2.43. The lowest BCUT2D eigenvalue weighted by atomic mass is 10.1. The van der Waals surface area contributed by atoms with Gasteiger partial charge in [-0.3, -0.25) is 4.21 Å². The van der Waals surface area contributed by atoms with Gasteiger partial charge in [-0.15, -0.1) is 0 Å². The van der Waals surface area contributed by atoms with Crippen LogP contribution in [0, 0.1) is 0 Å². The smallest absolute Gasteiger partial charge is 0.339 e. The van der Waals surface area contributed by atoms with Gasteiger partial charge in [-0.2, -0.15) is 0 Å². The van der Waals surface area contributed by atoms with Gasteiger partial charge in [0.15, 0.2) is 0 Å². The van der Waals surface area contributed by atoms with Crippen LogP contribution in [0.2, 0.25) is 0 Å². The second-order valence-electron chi connectivity index (χ2n) is 6.50. The van der Waals surface area contributed by atoms with Crippen LogP contribution in [0.4, 0.5) is 0 Å². The molecule has 0 amide bonds. The van der Waals surface area contributed by atoms with E-state index in [0.717, 1.165) is 10.8 Å². The van der Waals surface area contributed by atoms with Gasteiger partial charge < -0.3 is 4.74 Å². The van der Waals surface area contributed by atoms with Crippen molar-refractivity contribution in [1.29, 1.82) is 0 Å². The molecule has 0 N–H and O–H groups in total. The monoisotopic (exact) mass is 318 g/mol. The molecule has 0 unspecified atom stereocenters. The van der Waals surface area contributed by atoms with E-state index >= 15 is 0 Å². The summed E-state index contributed by atoms with van der Waals surface area (Å²) in [6, 6.07) is 11.3. The number of hydrogen-bond donors (Lipinski definition) is 0. The third-order valence-corrected chi connectivity index (χ3v) is 5.11. The summed E-state index contributed by atoms with van der Waals surface area (Å²) in [5.74, 6) is -0.423. The highest BCUT2D eigenvalue weighted by atomic mass is 32.2. The average molecular weight is 318 g/mol. The van der Waals surface area contributed by atoms with Gasteiger partial charge in [-0.05, 0) is 51.5 Å². The van der Waals surface area contributed by atoms with E-state index in [1.165, 1.54) is 0 Å². The molecule has 0 aliphatic heterocycles. The molecule has 2 aromatic rings. The maximum atomic E-state index is 13.0. The summed E-state index contributed by atoms with van der Waals surface area (Å²) in [5, 5.41) is 1.81. The van der Waals surface area contributed by atoms with E-state index in [4.69, 9.17) is 4.74 Å². The minimum atomic E-state index is -1.32. The zero-order chi connectivity index (χ0) is 16.5. The second kappa shape index (κ2) is 6.21. The number of esters is 1. The molecule has 1 atom stereocenters. The van der Waals surface area contributed by atoms with Crippen LogP contribution in [0.1, 0.15) is 45.0 Å². The summed E-state index contributed by atoms with van der Waals surface area (Å²) in [6.45, 7) is 9.33. The van der Waals surface area contributed by atoms with Crippen molar-refractivity contribution in [2.45, 2.75) is 50.4 Å². The molecule has 118 valence electrons. The van der Waals surface area contributed by atoms with Crippen molar-refractivity contribution in [1.82, 2.24) is 0 Å². The fraction of sp³-hybridized carbons (Fsp3) is 0.389. The van der Waals surface area contributed by atoms with Gasteiger partial charge in [-0.1, -0.05) is 30.3 Å². The molecule has 2 aromatic carbocycles. The second-order valence-corrected chi connectivity index (χ2v) is 8.67. The quantitative estimate of drug-likeness (QED) is 0.792. The van der Waals surface area contributed by atoms with Crippen LogP contribution in [-0.4, -0.2) is 21.0 Å². The summed E-state index contributed by atoms with van der Waals surface area (Å²) >= 11 is 0. The molecule has 0 saturated heterocycles. The predicted octanol–water partition coefficient (Wildman–Crippen LogP) is 4.31. The molecule has 0 aromatic heterocycles. The largest absolute Gasteiger partial charge is 0.459 e. The highest BCUT2D eigenvalue weighted by Crippen LogP contribution is 2.31. The highest BCUT2D eigenvalue weighted by molar-refractivity contribution is 7.86. The number of rotatable bonds is 3. The molecule has 3 nitrogen and oxygen atoms in total. The van der Waals surface area contributed by atoms with Crippen LogP contribution < -0.4 is 0 Å². The number of carbonyl (C=O) groups excluding carboxylic acids is 1. The zero-order valence-electron chi connectivity index (χ0n) is 13.7. The van der Waals surface area contributed by atoms with E-state index in [0.29, 0.717) is 10.5 Å². The Kier molecular flexibility index (Phi) is 4.71. The van der Waals surface area contributed by atoms with Crippen LogP contribution in [-0.2, 0) is 15.5 Å². The lowest BCUT2D eigenvalue weighted by molar-refractivity contribution is 0.0374. The normalized spacial score (nSPS) is 13.4. The molecule has 22 heavy (non-hydrogen) atoms. The van der Waals surface area contributed by atoms with E-state index in [2.05, 4.69) is 0 Å². The van der Waals surface area contributed by atoms with E-state index in [9.17, 15) is 9.00 Å². The Balaban J connectivity index is 2.71. The molecular formula is C18H22O3S. The Labute approximate surface area is 134 Å². The van der Waals surface area contributed by atoms with Crippen molar-refractivity contribution in [2.75, 3.05) is 0 Å². The van der Waals surface area contributed by atoms with Crippen molar-refractivity contribution < 1.29 is 13.7 Å². The van der Waals surface area contributed by atoms with Crippen LogP contribution in [0.5, 0.6) is 0 Å². The number of carbonyl (C=O) groups is 1. The Morgan fingerprint density at radius 3 is 2.32 bits per heavy atom. The molecule has 0 radical (unpaired) electrons. The molecule has 0 spiro atoms. The molecule has 4 heteroatoms. The van der Waals surface area contributed by atoms with Crippen LogP contribution in [0.25, 0.3) is 10.8 Å². The lowest BCUT2D eigenvalue weighted by Gasteiger charge is -2.21. The maximum Gasteiger partial charge on any atom is 0.339 e. The fourth-order valence-corrected chi connectivity index (χ4v) is 3.54.